The van der Waals surface area contributed by atoms with E-state index in [1.54, 1.807) is 0 Å². The van der Waals surface area contributed by atoms with Crippen molar-refractivity contribution in [1.29, 1.82) is 0 Å². The number of nitrogens with zero attached hydrogens (tertiary/aromatic N) is 1. The molecule has 0 atom stereocenters. The first-order chi connectivity index (χ1) is 9.30. The van der Waals surface area contributed by atoms with Gasteiger partial charge in [-0.15, -0.1) is 0 Å². The second kappa shape index (κ2) is 5.77. The van der Waals surface area contributed by atoms with Gasteiger partial charge in [-0.2, -0.15) is 0 Å². The first-order valence-corrected chi connectivity index (χ1v) is 10.3. The van der Waals surface area contributed by atoms with Crippen LogP contribution >= 0.6 is 0 Å². The Morgan fingerprint density at radius 1 is 0.947 bits per heavy atom. The third-order valence-corrected chi connectivity index (χ3v) is 9.42. The van der Waals surface area contributed by atoms with Crippen molar-refractivity contribution >= 4 is 18.7 Å². The summed E-state index contributed by atoms with van der Waals surface area (Å²) in [6.07, 6.45) is 0. The Kier molecular flexibility index (Phi) is 4.05. The summed E-state index contributed by atoms with van der Waals surface area (Å²) in [7, 11) is 0. The molecule has 3 heterocycles. The Morgan fingerprint density at radius 2 is 1.47 bits per heavy atom. The van der Waals surface area contributed by atoms with Gasteiger partial charge in [-0.1, -0.05) is 0 Å². The standard InChI is InChI=1S/C14H19GeNO3/c1-13(14-5-3-2-4-6-14)15-17-10-7-16(8-11-18-15)9-12-19-15/h2-6H,1,7-12H2. The van der Waals surface area contributed by atoms with Crippen LogP contribution in [-0.2, 0) is 11.3 Å². The predicted octanol–water partition coefficient (Wildman–Crippen LogP) is 1.56. The van der Waals surface area contributed by atoms with E-state index in [1.165, 1.54) is 0 Å². The number of rotatable bonds is 2. The minimum absolute atomic E-state index is 0.672. The molecule has 3 fully saturated rings. The van der Waals surface area contributed by atoms with Gasteiger partial charge in [0.1, 0.15) is 0 Å². The molecule has 3 aliphatic heterocycles. The van der Waals surface area contributed by atoms with Gasteiger partial charge in [0.25, 0.3) is 0 Å². The maximum atomic E-state index is 6.06. The molecular formula is C14H19GeNO3. The van der Waals surface area contributed by atoms with Crippen LogP contribution in [-0.4, -0.2) is 58.6 Å². The zero-order chi connectivity index (χ0) is 13.1. The summed E-state index contributed by atoms with van der Waals surface area (Å²) in [6, 6.07) is 10.1. The van der Waals surface area contributed by atoms with Crippen molar-refractivity contribution < 1.29 is 11.3 Å². The summed E-state index contributed by atoms with van der Waals surface area (Å²) in [5.41, 5.74) is 1.07. The summed E-state index contributed by atoms with van der Waals surface area (Å²) in [6.45, 7) is 9.12. The molecule has 2 bridgehead atoms. The Hall–Kier alpha value is -0.657. The number of hydrogen-bond acceptors (Lipinski definition) is 4. The molecule has 19 heavy (non-hydrogen) atoms. The van der Waals surface area contributed by atoms with Crippen molar-refractivity contribution in [2.24, 2.45) is 0 Å². The molecule has 5 heteroatoms. The molecule has 3 aliphatic rings. The zero-order valence-electron chi connectivity index (χ0n) is 11.0. The molecule has 3 saturated heterocycles. The fourth-order valence-electron chi connectivity index (χ4n) is 2.47. The molecule has 1 aromatic rings. The quantitative estimate of drug-likeness (QED) is 0.774. The summed E-state index contributed by atoms with van der Waals surface area (Å²) in [4.78, 5) is 2.32. The van der Waals surface area contributed by atoms with Crippen molar-refractivity contribution in [3.8, 4) is 0 Å². The van der Waals surface area contributed by atoms with Gasteiger partial charge in [0.2, 0.25) is 0 Å². The molecule has 0 radical (unpaired) electrons. The predicted molar refractivity (Wildman–Crippen MR) is 75.5 cm³/mol. The van der Waals surface area contributed by atoms with Crippen LogP contribution in [0.15, 0.2) is 36.9 Å². The van der Waals surface area contributed by atoms with Gasteiger partial charge in [-0.3, -0.25) is 0 Å². The van der Waals surface area contributed by atoms with E-state index in [2.05, 4.69) is 11.5 Å². The van der Waals surface area contributed by atoms with Crippen molar-refractivity contribution in [3.63, 3.8) is 0 Å². The first kappa shape index (κ1) is 13.3. The van der Waals surface area contributed by atoms with E-state index < -0.39 is 14.3 Å². The molecule has 102 valence electrons. The van der Waals surface area contributed by atoms with Crippen molar-refractivity contribution in [2.45, 2.75) is 0 Å². The van der Waals surface area contributed by atoms with E-state index >= 15 is 0 Å². The molecule has 0 unspecified atom stereocenters. The van der Waals surface area contributed by atoms with Gasteiger partial charge < -0.3 is 0 Å². The Morgan fingerprint density at radius 3 is 2.00 bits per heavy atom. The number of benzene rings is 1. The molecule has 0 aliphatic carbocycles. The second-order valence-corrected chi connectivity index (χ2v) is 10.2. The van der Waals surface area contributed by atoms with Gasteiger partial charge in [0, 0.05) is 0 Å². The van der Waals surface area contributed by atoms with E-state index in [-0.39, 0.29) is 0 Å². The molecule has 1 aromatic carbocycles. The molecule has 4 nitrogen and oxygen atoms in total. The van der Waals surface area contributed by atoms with Crippen molar-refractivity contribution in [2.75, 3.05) is 39.5 Å². The van der Waals surface area contributed by atoms with Crippen LogP contribution in [0.5, 0.6) is 0 Å². The average molecular weight is 322 g/mol. The van der Waals surface area contributed by atoms with Gasteiger partial charge in [0.15, 0.2) is 0 Å². The number of fused-ring (bicyclic) bond motifs is 6. The van der Waals surface area contributed by atoms with Crippen LogP contribution in [0.4, 0.5) is 0 Å². The fourth-order valence-corrected chi connectivity index (χ4v) is 7.44. The topological polar surface area (TPSA) is 30.9 Å². The number of hydrogen-bond donors (Lipinski definition) is 0. The fraction of sp³-hybridized carbons (Fsp3) is 0.429. The normalized spacial score (nSPS) is 31.3. The van der Waals surface area contributed by atoms with Gasteiger partial charge in [0.05, 0.1) is 0 Å². The second-order valence-electron chi connectivity index (χ2n) is 4.79. The van der Waals surface area contributed by atoms with E-state index in [0.717, 1.165) is 29.6 Å². The summed E-state index contributed by atoms with van der Waals surface area (Å²) < 4.78 is 19.1. The minimum atomic E-state index is -3.38. The summed E-state index contributed by atoms with van der Waals surface area (Å²) in [5.74, 6) is 0. The van der Waals surface area contributed by atoms with Gasteiger partial charge in [-0.25, -0.2) is 0 Å². The van der Waals surface area contributed by atoms with E-state index in [9.17, 15) is 0 Å². The van der Waals surface area contributed by atoms with E-state index in [1.807, 2.05) is 30.3 Å². The van der Waals surface area contributed by atoms with E-state index in [0.29, 0.717) is 19.8 Å². The zero-order valence-corrected chi connectivity index (χ0v) is 13.1. The van der Waals surface area contributed by atoms with Crippen molar-refractivity contribution in [3.05, 3.63) is 42.5 Å². The molecule has 0 spiro atoms. The average Bonchev–Trinajstić information content (AvgIpc) is 2.37. The van der Waals surface area contributed by atoms with Crippen LogP contribution in [0.3, 0.4) is 0 Å². The van der Waals surface area contributed by atoms with Crippen LogP contribution in [0, 0.1) is 0 Å². The molecular weight excluding hydrogens is 303 g/mol. The third kappa shape index (κ3) is 2.78. The van der Waals surface area contributed by atoms with Crippen LogP contribution in [0.2, 0.25) is 0 Å². The molecule has 0 saturated carbocycles. The first-order valence-electron chi connectivity index (χ1n) is 6.69. The van der Waals surface area contributed by atoms with Gasteiger partial charge >= 0.3 is 117 Å². The maximum absolute atomic E-state index is 6.06. The summed E-state index contributed by atoms with van der Waals surface area (Å²) >= 11 is -3.38. The molecule has 0 aromatic heterocycles. The summed E-state index contributed by atoms with van der Waals surface area (Å²) in [5, 5.41) is 0. The van der Waals surface area contributed by atoms with E-state index in [4.69, 9.17) is 11.3 Å². The Labute approximate surface area is 117 Å². The Balaban J connectivity index is 1.88. The molecule has 4 rings (SSSR count). The molecule has 0 N–H and O–H groups in total. The van der Waals surface area contributed by atoms with Crippen LogP contribution < -0.4 is 0 Å². The third-order valence-electron chi connectivity index (χ3n) is 3.59. The monoisotopic (exact) mass is 323 g/mol. The van der Waals surface area contributed by atoms with Crippen LogP contribution in [0.25, 0.3) is 4.41 Å². The van der Waals surface area contributed by atoms with Crippen LogP contribution in [0.1, 0.15) is 5.56 Å². The van der Waals surface area contributed by atoms with Gasteiger partial charge in [-0.05, 0) is 0 Å². The Bertz CT molecular complexity index is 425. The van der Waals surface area contributed by atoms with Crippen molar-refractivity contribution in [1.82, 2.24) is 4.90 Å². The SMILES string of the molecule is C=[C](c1ccccc1)[Ge]12[O]CCN(CC[O]1)CC[O]2. The molecule has 0 amide bonds.